The third kappa shape index (κ3) is 7.74. The van der Waals surface area contributed by atoms with E-state index in [9.17, 15) is 14.4 Å². The highest BCUT2D eigenvalue weighted by Gasteiger charge is 2.34. The second kappa shape index (κ2) is 12.7. The number of esters is 1. The van der Waals surface area contributed by atoms with Crippen molar-refractivity contribution >= 4 is 51.0 Å². The second-order valence-electron chi connectivity index (χ2n) is 7.86. The lowest BCUT2D eigenvalue weighted by molar-refractivity contribution is -0.147. The van der Waals surface area contributed by atoms with Crippen molar-refractivity contribution in [3.05, 3.63) is 28.2 Å². The van der Waals surface area contributed by atoms with Gasteiger partial charge in [0, 0.05) is 18.7 Å². The largest absolute Gasteiger partial charge is 0.492 e. The lowest BCUT2D eigenvalue weighted by Gasteiger charge is -2.36. The molecule has 1 fully saturated rings. The molecule has 1 aromatic carbocycles. The van der Waals surface area contributed by atoms with Crippen LogP contribution in [0.25, 0.3) is 0 Å². The van der Waals surface area contributed by atoms with E-state index in [0.717, 1.165) is 12.8 Å². The zero-order valence-electron chi connectivity index (χ0n) is 18.6. The maximum absolute atomic E-state index is 12.7. The van der Waals surface area contributed by atoms with Gasteiger partial charge in [-0.1, -0.05) is 20.8 Å². The molecule has 0 saturated carbocycles. The van der Waals surface area contributed by atoms with Crippen molar-refractivity contribution in [1.29, 1.82) is 0 Å². The molecule has 0 aromatic heterocycles. The van der Waals surface area contributed by atoms with Crippen molar-refractivity contribution in [2.45, 2.75) is 46.1 Å². The Kier molecular flexibility index (Phi) is 10.4. The molecule has 10 heteroatoms. The number of nitrogens with one attached hydrogen (secondary N) is 2. The molecule has 1 aliphatic heterocycles. The molecule has 1 aliphatic rings. The zero-order chi connectivity index (χ0) is 23.7. The van der Waals surface area contributed by atoms with E-state index in [1.165, 1.54) is 0 Å². The second-order valence-corrected chi connectivity index (χ2v) is 9.10. The quantitative estimate of drug-likeness (QED) is 0.376. The molecule has 8 nitrogen and oxygen atoms in total. The van der Waals surface area contributed by atoms with Crippen LogP contribution in [0.15, 0.2) is 22.7 Å². The van der Waals surface area contributed by atoms with Gasteiger partial charge >= 0.3 is 5.97 Å². The first-order valence-corrected chi connectivity index (χ1v) is 11.9. The summed E-state index contributed by atoms with van der Waals surface area (Å²) in [4.78, 5) is 38.9. The summed E-state index contributed by atoms with van der Waals surface area (Å²) in [7, 11) is 0. The van der Waals surface area contributed by atoms with E-state index in [0.29, 0.717) is 48.0 Å². The first-order chi connectivity index (χ1) is 15.2. The average Bonchev–Trinajstić information content (AvgIpc) is 2.73. The van der Waals surface area contributed by atoms with Crippen LogP contribution >= 0.6 is 28.1 Å². The number of thiocarbonyl (C=S) groups is 1. The van der Waals surface area contributed by atoms with Gasteiger partial charge in [0.05, 0.1) is 24.1 Å². The Hall–Kier alpha value is -2.20. The minimum Gasteiger partial charge on any atom is -0.492 e. The fraction of sp³-hybridized carbons (Fsp3) is 0.545. The molecule has 0 aliphatic carbocycles. The van der Waals surface area contributed by atoms with E-state index in [4.69, 9.17) is 21.7 Å². The summed E-state index contributed by atoms with van der Waals surface area (Å²) in [5.74, 6) is -0.156. The fourth-order valence-corrected chi connectivity index (χ4v) is 3.80. The third-order valence-corrected chi connectivity index (χ3v) is 5.74. The van der Waals surface area contributed by atoms with Crippen molar-refractivity contribution in [3.63, 3.8) is 0 Å². The van der Waals surface area contributed by atoms with E-state index in [-0.39, 0.29) is 17.4 Å². The number of benzene rings is 1. The van der Waals surface area contributed by atoms with E-state index in [1.807, 2.05) is 20.8 Å². The molecule has 2 N–H and O–H groups in total. The molecule has 0 spiro atoms. The minimum absolute atomic E-state index is 0.0901. The molecular weight excluding hydrogens is 498 g/mol. The van der Waals surface area contributed by atoms with Gasteiger partial charge in [-0.05, 0) is 65.1 Å². The van der Waals surface area contributed by atoms with E-state index >= 15 is 0 Å². The number of nitrogens with zero attached hydrogens (tertiary/aromatic N) is 1. The van der Waals surface area contributed by atoms with Crippen molar-refractivity contribution in [2.75, 3.05) is 26.3 Å². The van der Waals surface area contributed by atoms with Gasteiger partial charge in [0.25, 0.3) is 5.91 Å². The highest BCUT2D eigenvalue weighted by atomic mass is 79.9. The predicted molar refractivity (Wildman–Crippen MR) is 129 cm³/mol. The van der Waals surface area contributed by atoms with E-state index in [1.54, 1.807) is 23.1 Å². The monoisotopic (exact) mass is 527 g/mol. The minimum atomic E-state index is -0.834. The lowest BCUT2D eigenvalue weighted by atomic mass is 10.1. The van der Waals surface area contributed by atoms with Crippen LogP contribution in [-0.4, -0.2) is 60.1 Å². The first-order valence-electron chi connectivity index (χ1n) is 10.7. The van der Waals surface area contributed by atoms with Gasteiger partial charge in [0.15, 0.2) is 5.11 Å². The first kappa shape index (κ1) is 26.1. The summed E-state index contributed by atoms with van der Waals surface area (Å²) in [6.45, 7) is 7.71. The molecule has 1 unspecified atom stereocenters. The van der Waals surface area contributed by atoms with E-state index in [2.05, 4.69) is 26.6 Å². The van der Waals surface area contributed by atoms with E-state index < -0.39 is 17.9 Å². The maximum Gasteiger partial charge on any atom is 0.308 e. The molecular formula is C22H30BrN3O5S. The topological polar surface area (TPSA) is 97.0 Å². The number of hydrogen-bond acceptors (Lipinski definition) is 6. The van der Waals surface area contributed by atoms with Gasteiger partial charge in [0.1, 0.15) is 11.8 Å². The summed E-state index contributed by atoms with van der Waals surface area (Å²) < 4.78 is 11.5. The summed E-state index contributed by atoms with van der Waals surface area (Å²) in [5.41, 5.74) is 0.383. The van der Waals surface area contributed by atoms with Crippen LogP contribution in [0, 0.1) is 5.92 Å². The fourth-order valence-electron chi connectivity index (χ4n) is 3.00. The van der Waals surface area contributed by atoms with Gasteiger partial charge < -0.3 is 19.7 Å². The third-order valence-electron chi connectivity index (χ3n) is 4.79. The van der Waals surface area contributed by atoms with Crippen LogP contribution in [0.1, 0.15) is 50.4 Å². The Labute approximate surface area is 202 Å². The molecule has 1 atom stereocenters. The predicted octanol–water partition coefficient (Wildman–Crippen LogP) is 3.03. The van der Waals surface area contributed by atoms with Gasteiger partial charge in [-0.3, -0.25) is 19.7 Å². The molecule has 0 radical (unpaired) electrons. The number of amides is 2. The van der Waals surface area contributed by atoms with Crippen molar-refractivity contribution in [2.24, 2.45) is 5.92 Å². The molecule has 0 bridgehead atoms. The van der Waals surface area contributed by atoms with Crippen LogP contribution in [0.3, 0.4) is 0 Å². The normalized spacial score (nSPS) is 15.8. The summed E-state index contributed by atoms with van der Waals surface area (Å²) in [6, 6.07) is 4.16. The maximum atomic E-state index is 12.7. The van der Waals surface area contributed by atoms with Gasteiger partial charge in [-0.2, -0.15) is 0 Å². The molecule has 176 valence electrons. The Balaban J connectivity index is 2.01. The average molecular weight is 528 g/mol. The molecule has 2 amide bonds. The van der Waals surface area contributed by atoms with Crippen LogP contribution in [0.5, 0.6) is 5.75 Å². The Bertz CT molecular complexity index is 849. The Morgan fingerprint density at radius 2 is 2.09 bits per heavy atom. The number of carbonyl (C=O) groups excluding carboxylic acids is 3. The number of carbonyl (C=O) groups is 3. The highest BCUT2D eigenvalue weighted by Crippen LogP contribution is 2.26. The van der Waals surface area contributed by atoms with Gasteiger partial charge in [0.2, 0.25) is 5.91 Å². The van der Waals surface area contributed by atoms with Crippen LogP contribution in [0.4, 0.5) is 0 Å². The van der Waals surface area contributed by atoms with Gasteiger partial charge in [-0.15, -0.1) is 0 Å². The Morgan fingerprint density at radius 1 is 1.34 bits per heavy atom. The number of hydrogen-bond donors (Lipinski definition) is 2. The van der Waals surface area contributed by atoms with Crippen LogP contribution in [-0.2, 0) is 14.3 Å². The molecule has 1 saturated heterocycles. The zero-order valence-corrected chi connectivity index (χ0v) is 21.0. The van der Waals surface area contributed by atoms with Crippen LogP contribution in [0.2, 0.25) is 0 Å². The number of halogens is 1. The molecule has 32 heavy (non-hydrogen) atoms. The van der Waals surface area contributed by atoms with Crippen molar-refractivity contribution < 1.29 is 23.9 Å². The summed E-state index contributed by atoms with van der Waals surface area (Å²) in [5, 5.41) is 5.48. The highest BCUT2D eigenvalue weighted by molar-refractivity contribution is 9.10. The summed E-state index contributed by atoms with van der Waals surface area (Å²) in [6.07, 6.45) is 1.48. The van der Waals surface area contributed by atoms with Gasteiger partial charge in [-0.25, -0.2) is 0 Å². The standard InChI is InChI=1S/C22H30BrN3O5S/c1-4-10-30-18-6-5-15(12-16(18)23)20(28)25-22(32)26-9-8-24-21(29)17(26)13-19(27)31-11-7-14(2)3/h5-6,12,14,17H,4,7-11,13H2,1-3H3,(H,24,29)(H,25,28,32). The van der Waals surface area contributed by atoms with Crippen LogP contribution < -0.4 is 15.4 Å². The molecule has 2 rings (SSSR count). The number of rotatable bonds is 9. The van der Waals surface area contributed by atoms with Crippen molar-refractivity contribution in [1.82, 2.24) is 15.5 Å². The van der Waals surface area contributed by atoms with Crippen molar-refractivity contribution in [3.8, 4) is 5.75 Å². The molecule has 1 heterocycles. The smallest absolute Gasteiger partial charge is 0.308 e. The lowest BCUT2D eigenvalue weighted by Crippen LogP contribution is -2.60. The number of piperazine rings is 1. The Morgan fingerprint density at radius 3 is 2.75 bits per heavy atom. The SMILES string of the molecule is CCCOc1ccc(C(=O)NC(=S)N2CCNC(=O)C2CC(=O)OCCC(C)C)cc1Br. The molecule has 1 aromatic rings. The number of ether oxygens (including phenoxy) is 2. The summed E-state index contributed by atoms with van der Waals surface area (Å²) >= 11 is 8.81.